The van der Waals surface area contributed by atoms with Gasteiger partial charge >= 0.3 is 0 Å². The Kier molecular flexibility index (Phi) is 4.34. The lowest BCUT2D eigenvalue weighted by molar-refractivity contribution is 0.585. The summed E-state index contributed by atoms with van der Waals surface area (Å²) in [6.07, 6.45) is 2.46. The molecule has 1 N–H and O–H groups in total. The van der Waals surface area contributed by atoms with Crippen LogP contribution in [-0.4, -0.2) is 44.3 Å². The maximum Gasteiger partial charge on any atom is 0.131 e. The molecule has 2 aliphatic rings. The molecule has 5 heteroatoms. The summed E-state index contributed by atoms with van der Waals surface area (Å²) in [6, 6.07) is 11.0. The average molecular weight is 326 g/mol. The predicted molar refractivity (Wildman–Crippen MR) is 96.2 cm³/mol. The van der Waals surface area contributed by atoms with Crippen molar-refractivity contribution in [2.24, 2.45) is 0 Å². The summed E-state index contributed by atoms with van der Waals surface area (Å²) in [5.74, 6) is 1.87. The first-order chi connectivity index (χ1) is 11.8. The molecule has 2 fully saturated rings. The van der Waals surface area contributed by atoms with Gasteiger partial charge in [0.05, 0.1) is 0 Å². The van der Waals surface area contributed by atoms with Crippen LogP contribution in [0.5, 0.6) is 0 Å². The molecule has 0 saturated carbocycles. The van der Waals surface area contributed by atoms with Gasteiger partial charge in [0.25, 0.3) is 0 Å². The predicted octanol–water partition coefficient (Wildman–Crippen LogP) is 2.90. The van der Waals surface area contributed by atoms with Crippen LogP contribution in [0, 0.1) is 5.82 Å². The van der Waals surface area contributed by atoms with E-state index in [1.165, 1.54) is 25.0 Å². The van der Waals surface area contributed by atoms with Crippen molar-refractivity contribution >= 4 is 11.6 Å². The highest BCUT2D eigenvalue weighted by atomic mass is 19.1. The maximum absolute atomic E-state index is 13.3. The van der Waals surface area contributed by atoms with E-state index in [9.17, 15) is 4.39 Å². The molecule has 2 aromatic rings. The molecule has 0 bridgehead atoms. The van der Waals surface area contributed by atoms with E-state index in [1.807, 2.05) is 12.1 Å². The second-order valence-corrected chi connectivity index (χ2v) is 6.51. The molecule has 2 aliphatic heterocycles. The molecule has 0 unspecified atom stereocenters. The van der Waals surface area contributed by atoms with Crippen LogP contribution in [0.1, 0.15) is 12.8 Å². The van der Waals surface area contributed by atoms with E-state index in [4.69, 9.17) is 4.98 Å². The van der Waals surface area contributed by atoms with E-state index < -0.39 is 0 Å². The molecule has 3 heterocycles. The smallest absolute Gasteiger partial charge is 0.131 e. The molecular weight excluding hydrogens is 303 g/mol. The van der Waals surface area contributed by atoms with E-state index in [1.54, 1.807) is 0 Å². The molecule has 1 aromatic carbocycles. The van der Waals surface area contributed by atoms with Crippen LogP contribution in [-0.2, 0) is 0 Å². The standard InChI is InChI=1S/C19H23FN4/c20-17-5-3-15(4-6-17)16-13-18(23-9-1-2-10-23)22-19(14-16)24-11-7-21-8-12-24/h3-6,13-14,21H,1-2,7-12H2. The van der Waals surface area contributed by atoms with Gasteiger partial charge in [0, 0.05) is 39.3 Å². The van der Waals surface area contributed by atoms with Crippen molar-refractivity contribution in [3.63, 3.8) is 0 Å². The van der Waals surface area contributed by atoms with Gasteiger partial charge in [-0.3, -0.25) is 0 Å². The summed E-state index contributed by atoms with van der Waals surface area (Å²) in [5.41, 5.74) is 2.15. The lowest BCUT2D eigenvalue weighted by Gasteiger charge is -2.30. The Labute approximate surface area is 142 Å². The molecule has 0 atom stereocenters. The van der Waals surface area contributed by atoms with Gasteiger partial charge in [-0.25, -0.2) is 9.37 Å². The SMILES string of the molecule is Fc1ccc(-c2cc(N3CCCC3)nc(N3CCNCC3)c2)cc1. The van der Waals surface area contributed by atoms with Crippen LogP contribution in [0.25, 0.3) is 11.1 Å². The van der Waals surface area contributed by atoms with Gasteiger partial charge in [-0.15, -0.1) is 0 Å². The Balaban J connectivity index is 1.73. The topological polar surface area (TPSA) is 31.4 Å². The largest absolute Gasteiger partial charge is 0.357 e. The zero-order chi connectivity index (χ0) is 16.4. The fourth-order valence-corrected chi connectivity index (χ4v) is 3.47. The molecule has 2 saturated heterocycles. The number of hydrogen-bond donors (Lipinski definition) is 1. The third kappa shape index (κ3) is 3.22. The van der Waals surface area contributed by atoms with Gasteiger partial charge in [-0.1, -0.05) is 12.1 Å². The van der Waals surface area contributed by atoms with Crippen molar-refractivity contribution in [3.8, 4) is 11.1 Å². The van der Waals surface area contributed by atoms with E-state index in [0.717, 1.165) is 62.0 Å². The van der Waals surface area contributed by atoms with Crippen LogP contribution < -0.4 is 15.1 Å². The van der Waals surface area contributed by atoms with Crippen molar-refractivity contribution in [2.45, 2.75) is 12.8 Å². The first-order valence-corrected chi connectivity index (χ1v) is 8.78. The summed E-state index contributed by atoms with van der Waals surface area (Å²) in [4.78, 5) is 9.63. The number of benzene rings is 1. The average Bonchev–Trinajstić information content (AvgIpc) is 3.17. The Hall–Kier alpha value is -2.14. The number of aromatic nitrogens is 1. The van der Waals surface area contributed by atoms with Gasteiger partial charge in [-0.2, -0.15) is 0 Å². The van der Waals surface area contributed by atoms with Gasteiger partial charge in [0.15, 0.2) is 0 Å². The van der Waals surface area contributed by atoms with Crippen LogP contribution >= 0.6 is 0 Å². The lowest BCUT2D eigenvalue weighted by atomic mass is 10.1. The third-order valence-corrected chi connectivity index (χ3v) is 4.85. The second-order valence-electron chi connectivity index (χ2n) is 6.51. The summed E-state index contributed by atoms with van der Waals surface area (Å²) in [6.45, 7) is 6.06. The second kappa shape index (κ2) is 6.77. The number of nitrogens with zero attached hydrogens (tertiary/aromatic N) is 3. The minimum atomic E-state index is -0.199. The summed E-state index contributed by atoms with van der Waals surface area (Å²) >= 11 is 0. The van der Waals surface area contributed by atoms with E-state index in [-0.39, 0.29) is 5.82 Å². The van der Waals surface area contributed by atoms with Crippen molar-refractivity contribution in [3.05, 3.63) is 42.2 Å². The number of anilines is 2. The Morgan fingerprint density at radius 1 is 0.792 bits per heavy atom. The number of nitrogens with one attached hydrogen (secondary N) is 1. The highest BCUT2D eigenvalue weighted by Crippen LogP contribution is 2.30. The molecule has 24 heavy (non-hydrogen) atoms. The number of halogens is 1. The molecule has 0 spiro atoms. The molecular formula is C19H23FN4. The van der Waals surface area contributed by atoms with Crippen LogP contribution in [0.4, 0.5) is 16.0 Å². The first-order valence-electron chi connectivity index (χ1n) is 8.78. The zero-order valence-electron chi connectivity index (χ0n) is 13.8. The van der Waals surface area contributed by atoms with Gasteiger partial charge in [0.2, 0.25) is 0 Å². The molecule has 0 aliphatic carbocycles. The third-order valence-electron chi connectivity index (χ3n) is 4.85. The van der Waals surface area contributed by atoms with E-state index >= 15 is 0 Å². The summed E-state index contributed by atoms with van der Waals surface area (Å²) in [7, 11) is 0. The molecule has 4 nitrogen and oxygen atoms in total. The van der Waals surface area contributed by atoms with Crippen molar-refractivity contribution in [1.82, 2.24) is 10.3 Å². The van der Waals surface area contributed by atoms with Crippen molar-refractivity contribution < 1.29 is 4.39 Å². The fraction of sp³-hybridized carbons (Fsp3) is 0.421. The van der Waals surface area contributed by atoms with Gasteiger partial charge in [0.1, 0.15) is 17.5 Å². The highest BCUT2D eigenvalue weighted by molar-refractivity contribution is 5.71. The summed E-state index contributed by atoms with van der Waals surface area (Å²) in [5, 5.41) is 3.39. The fourth-order valence-electron chi connectivity index (χ4n) is 3.47. The first kappa shape index (κ1) is 15.4. The van der Waals surface area contributed by atoms with Crippen molar-refractivity contribution in [1.29, 1.82) is 0 Å². The summed E-state index contributed by atoms with van der Waals surface area (Å²) < 4.78 is 13.3. The van der Waals surface area contributed by atoms with Crippen LogP contribution in [0.15, 0.2) is 36.4 Å². The molecule has 4 rings (SSSR count). The van der Waals surface area contributed by atoms with Crippen LogP contribution in [0.2, 0.25) is 0 Å². The molecule has 1 aromatic heterocycles. The normalized spacial score (nSPS) is 18.2. The highest BCUT2D eigenvalue weighted by Gasteiger charge is 2.18. The van der Waals surface area contributed by atoms with Gasteiger partial charge < -0.3 is 15.1 Å². The quantitative estimate of drug-likeness (QED) is 0.940. The maximum atomic E-state index is 13.3. The van der Waals surface area contributed by atoms with Crippen LogP contribution in [0.3, 0.4) is 0 Å². The number of rotatable bonds is 3. The number of hydrogen-bond acceptors (Lipinski definition) is 4. The number of piperazine rings is 1. The minimum Gasteiger partial charge on any atom is -0.357 e. The Bertz CT molecular complexity index is 689. The monoisotopic (exact) mass is 326 g/mol. The molecule has 0 radical (unpaired) electrons. The van der Waals surface area contributed by atoms with E-state index in [0.29, 0.717) is 0 Å². The number of pyridine rings is 1. The lowest BCUT2D eigenvalue weighted by Crippen LogP contribution is -2.44. The van der Waals surface area contributed by atoms with Gasteiger partial charge in [-0.05, 0) is 48.2 Å². The minimum absolute atomic E-state index is 0.199. The van der Waals surface area contributed by atoms with Crippen molar-refractivity contribution in [2.75, 3.05) is 49.1 Å². The Morgan fingerprint density at radius 2 is 1.38 bits per heavy atom. The zero-order valence-corrected chi connectivity index (χ0v) is 13.8. The molecule has 126 valence electrons. The molecule has 0 amide bonds. The van der Waals surface area contributed by atoms with E-state index in [2.05, 4.69) is 27.2 Å². The Morgan fingerprint density at radius 3 is 2.00 bits per heavy atom.